The molecule has 0 saturated carbocycles. The van der Waals surface area contributed by atoms with Crippen LogP contribution in [0.1, 0.15) is 26.7 Å². The Hall–Kier alpha value is -1.04. The van der Waals surface area contributed by atoms with Crippen LogP contribution in [0.3, 0.4) is 0 Å². The zero-order valence-electron chi connectivity index (χ0n) is 7.58. The van der Waals surface area contributed by atoms with Gasteiger partial charge in [-0.2, -0.15) is 5.26 Å². The average molecular weight is 166 g/mol. The predicted molar refractivity (Wildman–Crippen MR) is 45.2 cm³/mol. The fourth-order valence-corrected chi connectivity index (χ4v) is 1.54. The van der Waals surface area contributed by atoms with Gasteiger partial charge in [-0.25, -0.2) is 0 Å². The second kappa shape index (κ2) is 3.57. The van der Waals surface area contributed by atoms with Crippen molar-refractivity contribution in [3.63, 3.8) is 0 Å². The average Bonchev–Trinajstić information content (AvgIpc) is 2.38. The number of likely N-dealkylation sites (tertiary alicyclic amines) is 1. The lowest BCUT2D eigenvalue weighted by Crippen LogP contribution is -2.35. The van der Waals surface area contributed by atoms with Gasteiger partial charge in [0.15, 0.2) is 0 Å². The molecule has 1 fully saturated rings. The van der Waals surface area contributed by atoms with Crippen LogP contribution in [-0.4, -0.2) is 23.4 Å². The van der Waals surface area contributed by atoms with Gasteiger partial charge in [0.1, 0.15) is 6.04 Å². The smallest absolute Gasteiger partial charge is 0.226 e. The molecule has 1 amide bonds. The zero-order chi connectivity index (χ0) is 9.14. The highest BCUT2D eigenvalue weighted by molar-refractivity contribution is 5.81. The van der Waals surface area contributed by atoms with Crippen LogP contribution in [0.2, 0.25) is 0 Å². The summed E-state index contributed by atoms with van der Waals surface area (Å²) < 4.78 is 0. The van der Waals surface area contributed by atoms with Crippen molar-refractivity contribution in [2.45, 2.75) is 32.7 Å². The lowest BCUT2D eigenvalue weighted by Gasteiger charge is -2.20. The molecule has 3 nitrogen and oxygen atoms in total. The first-order chi connectivity index (χ1) is 5.70. The molecule has 1 heterocycles. The number of carbonyl (C=O) groups excluding carboxylic acids is 1. The van der Waals surface area contributed by atoms with Crippen molar-refractivity contribution in [2.24, 2.45) is 5.92 Å². The van der Waals surface area contributed by atoms with Crippen molar-refractivity contribution in [2.75, 3.05) is 6.54 Å². The maximum atomic E-state index is 11.4. The largest absolute Gasteiger partial charge is 0.326 e. The first kappa shape index (κ1) is 9.05. The molecule has 0 aromatic carbocycles. The molecule has 3 heteroatoms. The number of rotatable bonds is 2. The summed E-state index contributed by atoms with van der Waals surface area (Å²) in [6.45, 7) is 4.61. The minimum absolute atomic E-state index is 0.118. The number of nitrogens with zero attached hydrogens (tertiary/aromatic N) is 2. The summed E-state index contributed by atoms with van der Waals surface area (Å²) in [6, 6.07) is 1.94. The Morgan fingerprint density at radius 1 is 1.83 bits per heavy atom. The maximum absolute atomic E-state index is 11.4. The Labute approximate surface area is 73.0 Å². The van der Waals surface area contributed by atoms with Gasteiger partial charge in [0, 0.05) is 12.5 Å². The molecule has 0 radical (unpaired) electrons. The van der Waals surface area contributed by atoms with E-state index in [1.54, 1.807) is 4.90 Å². The van der Waals surface area contributed by atoms with Gasteiger partial charge in [0.05, 0.1) is 6.07 Å². The Kier molecular flexibility index (Phi) is 2.69. The van der Waals surface area contributed by atoms with Crippen LogP contribution in [-0.2, 0) is 4.79 Å². The monoisotopic (exact) mass is 166 g/mol. The van der Waals surface area contributed by atoms with E-state index >= 15 is 0 Å². The number of hydrogen-bond acceptors (Lipinski definition) is 2. The van der Waals surface area contributed by atoms with Crippen LogP contribution >= 0.6 is 0 Å². The minimum Gasteiger partial charge on any atom is -0.326 e. The molecule has 1 aliphatic rings. The van der Waals surface area contributed by atoms with Crippen LogP contribution in [0, 0.1) is 17.2 Å². The van der Waals surface area contributed by atoms with Crippen LogP contribution in [0.5, 0.6) is 0 Å². The van der Waals surface area contributed by atoms with Crippen molar-refractivity contribution < 1.29 is 4.79 Å². The van der Waals surface area contributed by atoms with Gasteiger partial charge >= 0.3 is 0 Å². The quantitative estimate of drug-likeness (QED) is 0.617. The van der Waals surface area contributed by atoms with E-state index in [0.29, 0.717) is 0 Å². The van der Waals surface area contributed by atoms with E-state index in [9.17, 15) is 4.79 Å². The SMILES string of the molecule is CCC(C#N)N1CCC(C)C1=O. The highest BCUT2D eigenvalue weighted by Crippen LogP contribution is 2.20. The Bertz CT molecular complexity index is 219. The summed E-state index contributed by atoms with van der Waals surface area (Å²) in [4.78, 5) is 13.1. The number of amides is 1. The molecule has 0 aromatic rings. The Morgan fingerprint density at radius 3 is 2.83 bits per heavy atom. The number of nitriles is 1. The fourth-order valence-electron chi connectivity index (χ4n) is 1.54. The molecule has 0 aliphatic carbocycles. The Balaban J connectivity index is 2.65. The van der Waals surface area contributed by atoms with E-state index < -0.39 is 0 Å². The van der Waals surface area contributed by atoms with Gasteiger partial charge in [-0.3, -0.25) is 4.79 Å². The minimum atomic E-state index is -0.206. The lowest BCUT2D eigenvalue weighted by atomic mass is 10.1. The molecule has 0 spiro atoms. The van der Waals surface area contributed by atoms with E-state index in [4.69, 9.17) is 5.26 Å². The molecule has 0 bridgehead atoms. The van der Waals surface area contributed by atoms with Gasteiger partial charge in [-0.05, 0) is 12.8 Å². The van der Waals surface area contributed by atoms with E-state index in [0.717, 1.165) is 19.4 Å². The summed E-state index contributed by atoms with van der Waals surface area (Å²) in [5.74, 6) is 0.260. The van der Waals surface area contributed by atoms with Crippen molar-refractivity contribution in [1.29, 1.82) is 5.26 Å². The summed E-state index contributed by atoms with van der Waals surface area (Å²) in [7, 11) is 0. The van der Waals surface area contributed by atoms with E-state index in [-0.39, 0.29) is 17.9 Å². The van der Waals surface area contributed by atoms with Gasteiger partial charge in [-0.15, -0.1) is 0 Å². The second-order valence-corrected chi connectivity index (χ2v) is 3.27. The zero-order valence-corrected chi connectivity index (χ0v) is 7.58. The van der Waals surface area contributed by atoms with Crippen molar-refractivity contribution >= 4 is 5.91 Å². The van der Waals surface area contributed by atoms with Crippen LogP contribution in [0.4, 0.5) is 0 Å². The molecule has 0 N–H and O–H groups in total. The van der Waals surface area contributed by atoms with Crippen molar-refractivity contribution in [3.05, 3.63) is 0 Å². The number of carbonyl (C=O) groups is 1. The standard InChI is InChI=1S/C9H14N2O/c1-3-8(6-10)11-5-4-7(2)9(11)12/h7-8H,3-5H2,1-2H3. The molecular formula is C9H14N2O. The maximum Gasteiger partial charge on any atom is 0.226 e. The topological polar surface area (TPSA) is 44.1 Å². The highest BCUT2D eigenvalue weighted by atomic mass is 16.2. The van der Waals surface area contributed by atoms with Crippen LogP contribution in [0.15, 0.2) is 0 Å². The molecule has 2 unspecified atom stereocenters. The normalized spacial score (nSPS) is 25.6. The van der Waals surface area contributed by atoms with Crippen LogP contribution in [0.25, 0.3) is 0 Å². The Morgan fingerprint density at radius 2 is 2.50 bits per heavy atom. The summed E-state index contributed by atoms with van der Waals surface area (Å²) in [6.07, 6.45) is 1.63. The molecule has 2 atom stereocenters. The third kappa shape index (κ3) is 1.42. The van der Waals surface area contributed by atoms with Crippen molar-refractivity contribution in [3.8, 4) is 6.07 Å². The van der Waals surface area contributed by atoms with E-state index in [2.05, 4.69) is 6.07 Å². The molecule has 12 heavy (non-hydrogen) atoms. The van der Waals surface area contributed by atoms with E-state index in [1.165, 1.54) is 0 Å². The molecule has 66 valence electrons. The third-order valence-electron chi connectivity index (χ3n) is 2.42. The molecule has 1 rings (SSSR count). The van der Waals surface area contributed by atoms with Crippen LogP contribution < -0.4 is 0 Å². The first-order valence-corrected chi connectivity index (χ1v) is 4.40. The molecule has 0 aromatic heterocycles. The summed E-state index contributed by atoms with van der Waals surface area (Å²) >= 11 is 0. The molecular weight excluding hydrogens is 152 g/mol. The van der Waals surface area contributed by atoms with Crippen molar-refractivity contribution in [1.82, 2.24) is 4.90 Å². The lowest BCUT2D eigenvalue weighted by molar-refractivity contribution is -0.131. The number of hydrogen-bond donors (Lipinski definition) is 0. The predicted octanol–water partition coefficient (Wildman–Crippen LogP) is 1.16. The highest BCUT2D eigenvalue weighted by Gasteiger charge is 2.32. The fraction of sp³-hybridized carbons (Fsp3) is 0.778. The molecule has 1 aliphatic heterocycles. The van der Waals surface area contributed by atoms with E-state index in [1.807, 2.05) is 13.8 Å². The van der Waals surface area contributed by atoms with Gasteiger partial charge in [0.2, 0.25) is 5.91 Å². The van der Waals surface area contributed by atoms with Gasteiger partial charge in [-0.1, -0.05) is 13.8 Å². The summed E-state index contributed by atoms with van der Waals surface area (Å²) in [5, 5.41) is 8.75. The first-order valence-electron chi connectivity index (χ1n) is 4.40. The van der Waals surface area contributed by atoms with Gasteiger partial charge < -0.3 is 4.90 Å². The third-order valence-corrected chi connectivity index (χ3v) is 2.42. The molecule has 1 saturated heterocycles. The van der Waals surface area contributed by atoms with Gasteiger partial charge in [0.25, 0.3) is 0 Å². The summed E-state index contributed by atoms with van der Waals surface area (Å²) in [5.41, 5.74) is 0. The second-order valence-electron chi connectivity index (χ2n) is 3.27.